The molecule has 3 aliphatic heterocycles. The SMILES string of the molecule is COC(=O)CCCCCO[C@H]1O[C@H](CO)[C@H](O[C@@H]2O[C@H](CO)[C@@H](O)[C@H](O)[C@@H]2NC(C)=O)[C@H](O[C@@H]2O[C@H](CO)[C@@H](O)[C@H](O)[C@@H]2NC(C)=O)[C@H]1O. The molecule has 3 fully saturated rings. The van der Waals surface area contributed by atoms with Crippen molar-refractivity contribution < 1.29 is 88.4 Å². The van der Waals surface area contributed by atoms with Crippen LogP contribution < -0.4 is 10.6 Å². The van der Waals surface area contributed by atoms with Crippen molar-refractivity contribution in [2.45, 2.75) is 132 Å². The van der Waals surface area contributed by atoms with Gasteiger partial charge >= 0.3 is 5.97 Å². The van der Waals surface area contributed by atoms with Gasteiger partial charge in [-0.05, 0) is 12.8 Å². The highest BCUT2D eigenvalue weighted by molar-refractivity contribution is 5.73. The van der Waals surface area contributed by atoms with Gasteiger partial charge in [0.2, 0.25) is 11.8 Å². The van der Waals surface area contributed by atoms with E-state index in [2.05, 4.69) is 15.4 Å². The van der Waals surface area contributed by atoms with Gasteiger partial charge in [0.05, 0.1) is 26.9 Å². The number of hydrogen-bond acceptors (Lipinski definition) is 18. The monoisotopic (exact) mass is 714 g/mol. The standard InChI is InChI=1S/C29H50N2O18/c1-12(35)30-18-22(40)20(38)14(9-32)45-27(18)48-25-16(11-34)47-29(44-8-6-4-5-7-17(37)43-3)24(42)26(25)49-28-19(31-13(2)36)23(41)21(39)15(10-33)46-28/h14-16,18-29,32-34,38-42H,4-11H2,1-3H3,(H,30,35)(H,31,36)/t14-,15-,16-,18+,19+,20-,21-,22-,23-,24-,25+,26-,27+,28+,29+/m1/s1. The Hall–Kier alpha value is -2.15. The van der Waals surface area contributed by atoms with Gasteiger partial charge in [0.1, 0.15) is 73.1 Å². The van der Waals surface area contributed by atoms with Gasteiger partial charge in [-0.3, -0.25) is 14.4 Å². The molecule has 0 radical (unpaired) electrons. The van der Waals surface area contributed by atoms with Crippen molar-refractivity contribution in [2.24, 2.45) is 0 Å². The molecule has 284 valence electrons. The lowest BCUT2D eigenvalue weighted by Crippen LogP contribution is -2.70. The molecule has 20 nitrogen and oxygen atoms in total. The normalized spacial score (nSPS) is 39.6. The van der Waals surface area contributed by atoms with E-state index in [9.17, 15) is 55.2 Å². The lowest BCUT2D eigenvalue weighted by atomic mass is 9.94. The zero-order valence-electron chi connectivity index (χ0n) is 27.5. The Morgan fingerprint density at radius 1 is 0.612 bits per heavy atom. The van der Waals surface area contributed by atoms with Crippen molar-refractivity contribution in [3.8, 4) is 0 Å². The summed E-state index contributed by atoms with van der Waals surface area (Å²) in [7, 11) is 1.28. The number of hydrogen-bond donors (Lipinski definition) is 10. The molecule has 0 aliphatic carbocycles. The Morgan fingerprint density at radius 3 is 1.53 bits per heavy atom. The molecule has 49 heavy (non-hydrogen) atoms. The molecule has 0 aromatic rings. The quantitative estimate of drug-likeness (QED) is 0.0527. The van der Waals surface area contributed by atoms with Crippen LogP contribution in [0.5, 0.6) is 0 Å². The maximum absolute atomic E-state index is 12.0. The van der Waals surface area contributed by atoms with Crippen LogP contribution in [0.1, 0.15) is 39.5 Å². The lowest BCUT2D eigenvalue weighted by Gasteiger charge is -2.50. The van der Waals surface area contributed by atoms with Gasteiger partial charge in [-0.25, -0.2) is 0 Å². The molecule has 3 heterocycles. The zero-order chi connectivity index (χ0) is 36.4. The van der Waals surface area contributed by atoms with Crippen LogP contribution in [0.2, 0.25) is 0 Å². The number of nitrogens with one attached hydrogen (secondary N) is 2. The second kappa shape index (κ2) is 19.5. The molecule has 20 heteroatoms. The summed E-state index contributed by atoms with van der Waals surface area (Å²) in [5.74, 6) is -1.68. The van der Waals surface area contributed by atoms with E-state index in [4.69, 9.17) is 28.4 Å². The smallest absolute Gasteiger partial charge is 0.305 e. The van der Waals surface area contributed by atoms with Gasteiger partial charge in [-0.1, -0.05) is 6.42 Å². The number of aliphatic hydroxyl groups is 8. The number of unbranched alkanes of at least 4 members (excludes halogenated alkanes) is 2. The third kappa shape index (κ3) is 10.7. The molecule has 0 bridgehead atoms. The summed E-state index contributed by atoms with van der Waals surface area (Å²) in [6, 6.07) is -2.90. The number of rotatable bonds is 16. The fourth-order valence-corrected chi connectivity index (χ4v) is 5.83. The van der Waals surface area contributed by atoms with E-state index in [0.717, 1.165) is 13.8 Å². The van der Waals surface area contributed by atoms with E-state index in [1.165, 1.54) is 7.11 Å². The Labute approximate surface area is 282 Å². The first-order chi connectivity index (χ1) is 23.3. The molecule has 15 atom stereocenters. The maximum Gasteiger partial charge on any atom is 0.305 e. The van der Waals surface area contributed by atoms with Crippen LogP contribution in [-0.4, -0.2) is 184 Å². The molecule has 0 aromatic heterocycles. The van der Waals surface area contributed by atoms with Crippen molar-refractivity contribution in [3.05, 3.63) is 0 Å². The molecule has 0 aromatic carbocycles. The largest absolute Gasteiger partial charge is 0.469 e. The molecule has 2 amide bonds. The fraction of sp³-hybridized carbons (Fsp3) is 0.897. The molecule has 0 unspecified atom stereocenters. The summed E-state index contributed by atoms with van der Waals surface area (Å²) >= 11 is 0. The summed E-state index contributed by atoms with van der Waals surface area (Å²) < 4.78 is 39.7. The number of aliphatic hydroxyl groups excluding tert-OH is 8. The number of amides is 2. The van der Waals surface area contributed by atoms with Crippen LogP contribution in [0, 0.1) is 0 Å². The number of ether oxygens (including phenoxy) is 7. The van der Waals surface area contributed by atoms with Gasteiger partial charge < -0.3 is 84.6 Å². The van der Waals surface area contributed by atoms with E-state index < -0.39 is 124 Å². The van der Waals surface area contributed by atoms with E-state index in [1.807, 2.05) is 0 Å². The summed E-state index contributed by atoms with van der Waals surface area (Å²) in [4.78, 5) is 35.4. The summed E-state index contributed by atoms with van der Waals surface area (Å²) in [6.45, 7) is -0.0704. The Bertz CT molecular complexity index is 1060. The van der Waals surface area contributed by atoms with Crippen molar-refractivity contribution in [1.82, 2.24) is 10.6 Å². The average molecular weight is 715 g/mol. The Morgan fingerprint density at radius 2 is 1.08 bits per heavy atom. The van der Waals surface area contributed by atoms with Crippen LogP contribution in [0.15, 0.2) is 0 Å². The minimum atomic E-state index is -1.77. The van der Waals surface area contributed by atoms with Crippen LogP contribution >= 0.6 is 0 Å². The first kappa shape index (κ1) is 41.3. The zero-order valence-corrected chi connectivity index (χ0v) is 27.5. The second-order valence-corrected chi connectivity index (χ2v) is 12.0. The summed E-state index contributed by atoms with van der Waals surface area (Å²) in [5, 5.41) is 88.8. The Kier molecular flexibility index (Phi) is 16.4. The third-order valence-electron chi connectivity index (χ3n) is 8.41. The summed E-state index contributed by atoms with van der Waals surface area (Å²) in [5.41, 5.74) is 0. The van der Waals surface area contributed by atoms with Crippen molar-refractivity contribution in [2.75, 3.05) is 33.5 Å². The van der Waals surface area contributed by atoms with E-state index >= 15 is 0 Å². The predicted molar refractivity (Wildman–Crippen MR) is 159 cm³/mol. The molecule has 0 spiro atoms. The molecule has 3 saturated heterocycles. The van der Waals surface area contributed by atoms with Gasteiger partial charge in [-0.15, -0.1) is 0 Å². The number of methoxy groups -OCH3 is 1. The highest BCUT2D eigenvalue weighted by atomic mass is 16.8. The molecule has 3 aliphatic rings. The van der Waals surface area contributed by atoms with E-state index in [-0.39, 0.29) is 19.0 Å². The van der Waals surface area contributed by atoms with Gasteiger partial charge in [0.25, 0.3) is 0 Å². The number of esters is 1. The van der Waals surface area contributed by atoms with Gasteiger partial charge in [0.15, 0.2) is 18.9 Å². The summed E-state index contributed by atoms with van der Waals surface area (Å²) in [6.07, 6.45) is -19.1. The first-order valence-electron chi connectivity index (χ1n) is 16.0. The lowest BCUT2D eigenvalue weighted by molar-refractivity contribution is -0.374. The maximum atomic E-state index is 12.0. The van der Waals surface area contributed by atoms with Crippen LogP contribution in [0.25, 0.3) is 0 Å². The predicted octanol–water partition coefficient (Wildman–Crippen LogP) is -5.53. The van der Waals surface area contributed by atoms with Gasteiger partial charge in [-0.2, -0.15) is 0 Å². The average Bonchev–Trinajstić information content (AvgIpc) is 3.07. The highest BCUT2D eigenvalue weighted by Gasteiger charge is 2.55. The molecular formula is C29H50N2O18. The topological polar surface area (TPSA) is 302 Å². The van der Waals surface area contributed by atoms with Crippen molar-refractivity contribution >= 4 is 17.8 Å². The molecule has 0 saturated carbocycles. The van der Waals surface area contributed by atoms with E-state index in [0.29, 0.717) is 19.3 Å². The number of carbonyl (C=O) groups excluding carboxylic acids is 3. The third-order valence-corrected chi connectivity index (χ3v) is 8.41. The van der Waals surface area contributed by atoms with Crippen LogP contribution in [-0.2, 0) is 47.5 Å². The minimum Gasteiger partial charge on any atom is -0.469 e. The van der Waals surface area contributed by atoms with Crippen LogP contribution in [0.4, 0.5) is 0 Å². The highest BCUT2D eigenvalue weighted by Crippen LogP contribution is 2.34. The molecular weight excluding hydrogens is 664 g/mol. The van der Waals surface area contributed by atoms with E-state index in [1.54, 1.807) is 0 Å². The molecule has 3 rings (SSSR count). The van der Waals surface area contributed by atoms with Crippen molar-refractivity contribution in [1.29, 1.82) is 0 Å². The van der Waals surface area contributed by atoms with Crippen LogP contribution in [0.3, 0.4) is 0 Å². The first-order valence-corrected chi connectivity index (χ1v) is 16.0. The van der Waals surface area contributed by atoms with Crippen molar-refractivity contribution in [3.63, 3.8) is 0 Å². The molecule has 10 N–H and O–H groups in total. The fourth-order valence-electron chi connectivity index (χ4n) is 5.83. The second-order valence-electron chi connectivity index (χ2n) is 12.0. The minimum absolute atomic E-state index is 0.0177. The Balaban J connectivity index is 1.93. The van der Waals surface area contributed by atoms with Gasteiger partial charge in [0, 0.05) is 26.9 Å². The number of carbonyl (C=O) groups is 3.